The molecular weight excluding hydrogens is 288 g/mol. The van der Waals surface area contributed by atoms with Crippen molar-refractivity contribution in [2.45, 2.75) is 18.9 Å². The van der Waals surface area contributed by atoms with E-state index in [2.05, 4.69) is 0 Å². The molecule has 3 rings (SSSR count). The maximum absolute atomic E-state index is 11.7. The van der Waals surface area contributed by atoms with Gasteiger partial charge in [-0.25, -0.2) is 4.79 Å². The van der Waals surface area contributed by atoms with Gasteiger partial charge in [0, 0.05) is 39.0 Å². The molecule has 1 aromatic carbocycles. The second kappa shape index (κ2) is 5.75. The lowest BCUT2D eigenvalue weighted by Gasteiger charge is -2.31. The van der Waals surface area contributed by atoms with Crippen molar-refractivity contribution in [3.05, 3.63) is 18.2 Å². The minimum atomic E-state index is -0.885. The van der Waals surface area contributed by atoms with E-state index in [1.54, 1.807) is 24.1 Å². The van der Waals surface area contributed by atoms with E-state index in [4.69, 9.17) is 14.6 Å². The highest BCUT2D eigenvalue weighted by Gasteiger charge is 2.25. The molecule has 0 bridgehead atoms. The van der Waals surface area contributed by atoms with Crippen molar-refractivity contribution in [2.24, 2.45) is 0 Å². The van der Waals surface area contributed by atoms with Crippen molar-refractivity contribution >= 4 is 17.7 Å². The molecule has 2 aliphatic heterocycles. The molecule has 0 saturated carbocycles. The number of rotatable bonds is 2. The van der Waals surface area contributed by atoms with Crippen LogP contribution in [0.2, 0.25) is 0 Å². The lowest BCUT2D eigenvalue weighted by Crippen LogP contribution is -2.41. The van der Waals surface area contributed by atoms with E-state index >= 15 is 0 Å². The molecule has 0 aliphatic carbocycles. The van der Waals surface area contributed by atoms with E-state index in [9.17, 15) is 9.59 Å². The van der Waals surface area contributed by atoms with Gasteiger partial charge >= 0.3 is 6.09 Å². The normalized spacial score (nSPS) is 18.7. The Morgan fingerprint density at radius 3 is 2.77 bits per heavy atom. The molecule has 2 aliphatic rings. The number of piperidine rings is 1. The second-order valence-corrected chi connectivity index (χ2v) is 5.46. The molecule has 7 nitrogen and oxygen atoms in total. The van der Waals surface area contributed by atoms with Crippen LogP contribution in [0.3, 0.4) is 0 Å². The Balaban J connectivity index is 1.67. The number of carbonyl (C=O) groups excluding carboxylic acids is 1. The van der Waals surface area contributed by atoms with Crippen LogP contribution in [0.4, 0.5) is 10.5 Å². The summed E-state index contributed by atoms with van der Waals surface area (Å²) < 4.78 is 11.3. The number of fused-ring (bicyclic) bond motifs is 1. The summed E-state index contributed by atoms with van der Waals surface area (Å²) in [4.78, 5) is 25.5. The monoisotopic (exact) mass is 306 g/mol. The highest BCUT2D eigenvalue weighted by molar-refractivity contribution is 5.97. The smallest absolute Gasteiger partial charge is 0.407 e. The van der Waals surface area contributed by atoms with Crippen molar-refractivity contribution in [2.75, 3.05) is 31.6 Å². The molecule has 0 spiro atoms. The number of likely N-dealkylation sites (N-methyl/N-ethyl adjacent to an activating group) is 1. The van der Waals surface area contributed by atoms with Gasteiger partial charge in [-0.2, -0.15) is 0 Å². The van der Waals surface area contributed by atoms with E-state index in [-0.39, 0.29) is 18.6 Å². The Morgan fingerprint density at radius 2 is 2.09 bits per heavy atom. The average Bonchev–Trinajstić information content (AvgIpc) is 2.52. The summed E-state index contributed by atoms with van der Waals surface area (Å²) >= 11 is 0. The van der Waals surface area contributed by atoms with Gasteiger partial charge < -0.3 is 24.4 Å². The first kappa shape index (κ1) is 14.5. The first-order valence-corrected chi connectivity index (χ1v) is 7.22. The first-order chi connectivity index (χ1) is 10.5. The largest absolute Gasteiger partial charge is 0.490 e. The lowest BCUT2D eigenvalue weighted by molar-refractivity contribution is -0.120. The summed E-state index contributed by atoms with van der Waals surface area (Å²) in [6.45, 7) is 1.01. The molecule has 0 atom stereocenters. The molecule has 2 heterocycles. The standard InChI is InChI=1S/C15H18N2O5/c1-16-12-8-11(2-3-13(12)21-9-14(16)18)22-10-4-6-17(7-5-10)15(19)20/h2-3,8,10H,4-7,9H2,1H3,(H,19,20). The number of amides is 2. The number of anilines is 1. The van der Waals surface area contributed by atoms with Crippen LogP contribution in [0.1, 0.15) is 12.8 Å². The van der Waals surface area contributed by atoms with E-state index in [0.717, 1.165) is 0 Å². The van der Waals surface area contributed by atoms with Crippen LogP contribution in [0, 0.1) is 0 Å². The minimum Gasteiger partial charge on any atom is -0.490 e. The van der Waals surface area contributed by atoms with Gasteiger partial charge in [0.25, 0.3) is 5.91 Å². The number of hydrogen-bond donors (Lipinski definition) is 1. The van der Waals surface area contributed by atoms with Crippen LogP contribution in [-0.4, -0.2) is 54.9 Å². The van der Waals surface area contributed by atoms with Gasteiger partial charge in [-0.15, -0.1) is 0 Å². The molecule has 1 N–H and O–H groups in total. The number of likely N-dealkylation sites (tertiary alicyclic amines) is 1. The number of carbonyl (C=O) groups is 2. The average molecular weight is 306 g/mol. The fourth-order valence-corrected chi connectivity index (χ4v) is 2.68. The third-order valence-electron chi connectivity index (χ3n) is 4.03. The van der Waals surface area contributed by atoms with Gasteiger partial charge in [0.05, 0.1) is 5.69 Å². The molecular formula is C15H18N2O5. The first-order valence-electron chi connectivity index (χ1n) is 7.22. The molecule has 0 aromatic heterocycles. The molecule has 0 radical (unpaired) electrons. The summed E-state index contributed by atoms with van der Waals surface area (Å²) in [5.41, 5.74) is 0.691. The summed E-state index contributed by atoms with van der Waals surface area (Å²) in [7, 11) is 1.71. The number of ether oxygens (including phenoxy) is 2. The third-order valence-corrected chi connectivity index (χ3v) is 4.03. The fourth-order valence-electron chi connectivity index (χ4n) is 2.68. The zero-order chi connectivity index (χ0) is 15.7. The fraction of sp³-hybridized carbons (Fsp3) is 0.467. The molecule has 22 heavy (non-hydrogen) atoms. The van der Waals surface area contributed by atoms with Crippen LogP contribution < -0.4 is 14.4 Å². The number of benzene rings is 1. The van der Waals surface area contributed by atoms with Crippen LogP contribution in [0.15, 0.2) is 18.2 Å². The highest BCUT2D eigenvalue weighted by atomic mass is 16.5. The second-order valence-electron chi connectivity index (χ2n) is 5.46. The van der Waals surface area contributed by atoms with E-state index in [0.29, 0.717) is 43.1 Å². The third kappa shape index (κ3) is 2.79. The summed E-state index contributed by atoms with van der Waals surface area (Å²) in [5.74, 6) is 1.23. The maximum Gasteiger partial charge on any atom is 0.407 e. The number of nitrogens with zero attached hydrogens (tertiary/aromatic N) is 2. The summed E-state index contributed by atoms with van der Waals surface area (Å²) in [6.07, 6.45) is 0.423. The van der Waals surface area contributed by atoms with E-state index < -0.39 is 6.09 Å². The quantitative estimate of drug-likeness (QED) is 0.897. The zero-order valence-electron chi connectivity index (χ0n) is 12.3. The molecule has 7 heteroatoms. The van der Waals surface area contributed by atoms with Crippen LogP contribution in [0.5, 0.6) is 11.5 Å². The van der Waals surface area contributed by atoms with Gasteiger partial charge in [-0.05, 0) is 12.1 Å². The molecule has 118 valence electrons. The maximum atomic E-state index is 11.7. The van der Waals surface area contributed by atoms with E-state index in [1.807, 2.05) is 6.07 Å². The lowest BCUT2D eigenvalue weighted by atomic mass is 10.1. The topological polar surface area (TPSA) is 79.3 Å². The number of hydrogen-bond acceptors (Lipinski definition) is 4. The van der Waals surface area contributed by atoms with Crippen LogP contribution >= 0.6 is 0 Å². The molecule has 0 unspecified atom stereocenters. The van der Waals surface area contributed by atoms with Crippen molar-refractivity contribution in [1.82, 2.24) is 4.90 Å². The Labute approximate surface area is 128 Å². The zero-order valence-corrected chi connectivity index (χ0v) is 12.3. The minimum absolute atomic E-state index is 0.0147. The van der Waals surface area contributed by atoms with Gasteiger partial charge in [-0.1, -0.05) is 0 Å². The summed E-state index contributed by atoms with van der Waals surface area (Å²) in [6, 6.07) is 5.39. The Kier molecular flexibility index (Phi) is 3.79. The van der Waals surface area contributed by atoms with Gasteiger partial charge in [0.15, 0.2) is 6.61 Å². The van der Waals surface area contributed by atoms with E-state index in [1.165, 1.54) is 4.90 Å². The van der Waals surface area contributed by atoms with Crippen molar-refractivity contribution in [1.29, 1.82) is 0 Å². The van der Waals surface area contributed by atoms with Crippen molar-refractivity contribution in [3.8, 4) is 11.5 Å². The van der Waals surface area contributed by atoms with Crippen molar-refractivity contribution < 1.29 is 24.2 Å². The Hall–Kier alpha value is -2.44. The highest BCUT2D eigenvalue weighted by Crippen LogP contribution is 2.35. The molecule has 2 amide bonds. The van der Waals surface area contributed by atoms with Gasteiger partial charge in [0.1, 0.15) is 17.6 Å². The molecule has 1 saturated heterocycles. The SMILES string of the molecule is CN1C(=O)COc2ccc(OC3CCN(C(=O)O)CC3)cc21. The van der Waals surface area contributed by atoms with Crippen LogP contribution in [-0.2, 0) is 4.79 Å². The molecule has 1 fully saturated rings. The number of carboxylic acid groups (broad SMARTS) is 1. The molecule has 1 aromatic rings. The summed E-state index contributed by atoms with van der Waals surface area (Å²) in [5, 5.41) is 8.93. The van der Waals surface area contributed by atoms with Gasteiger partial charge in [0.2, 0.25) is 0 Å². The van der Waals surface area contributed by atoms with Gasteiger partial charge in [-0.3, -0.25) is 4.79 Å². The predicted molar refractivity (Wildman–Crippen MR) is 78.6 cm³/mol. The Bertz CT molecular complexity index is 596. The predicted octanol–water partition coefficient (Wildman–Crippen LogP) is 1.56. The Morgan fingerprint density at radius 1 is 1.36 bits per heavy atom. The van der Waals surface area contributed by atoms with Crippen molar-refractivity contribution in [3.63, 3.8) is 0 Å². The van der Waals surface area contributed by atoms with Crippen LogP contribution in [0.25, 0.3) is 0 Å².